The van der Waals surface area contributed by atoms with Gasteiger partial charge in [0.1, 0.15) is 0 Å². The number of rotatable bonds is 6. The van der Waals surface area contributed by atoms with E-state index in [1.165, 1.54) is 0 Å². The lowest BCUT2D eigenvalue weighted by molar-refractivity contribution is -0.118. The third-order valence-corrected chi connectivity index (χ3v) is 2.19. The van der Waals surface area contributed by atoms with E-state index in [0.29, 0.717) is 6.42 Å². The second-order valence-corrected chi connectivity index (χ2v) is 4.93. The van der Waals surface area contributed by atoms with E-state index in [1.807, 2.05) is 0 Å². The molecule has 3 nitrogen and oxygen atoms in total. The lowest BCUT2D eigenvalue weighted by atomic mass is 9.93. The maximum atomic E-state index is 10.5. The summed E-state index contributed by atoms with van der Waals surface area (Å²) in [4.78, 5) is 14.8. The Hall–Kier alpha value is -1.38. The highest BCUT2D eigenvalue weighted by molar-refractivity contribution is 5.79. The Balaban J connectivity index is 4.01. The average molecular weight is 222 g/mol. The number of carbonyl (C=O) groups excluding carboxylic acids is 1. The topological polar surface area (TPSA) is 55.4 Å². The number of carbonyl (C=O) groups is 1. The van der Waals surface area contributed by atoms with Gasteiger partial charge in [-0.2, -0.15) is 0 Å². The summed E-state index contributed by atoms with van der Waals surface area (Å²) in [6.07, 6.45) is 3.58. The maximum Gasteiger partial charge on any atom is 0.217 e. The molecule has 0 fully saturated rings. The van der Waals surface area contributed by atoms with Gasteiger partial charge in [0.15, 0.2) is 0 Å². The zero-order valence-corrected chi connectivity index (χ0v) is 10.5. The van der Waals surface area contributed by atoms with Gasteiger partial charge in [0, 0.05) is 23.7 Å². The highest BCUT2D eigenvalue weighted by Crippen LogP contribution is 2.24. The minimum Gasteiger partial charge on any atom is -0.370 e. The lowest BCUT2D eigenvalue weighted by Gasteiger charge is -2.17. The van der Waals surface area contributed by atoms with Crippen LogP contribution >= 0.6 is 0 Å². The molecule has 0 spiro atoms. The Morgan fingerprint density at radius 3 is 2.31 bits per heavy atom. The second kappa shape index (κ2) is 6.26. The highest BCUT2D eigenvalue weighted by atomic mass is 16.1. The summed E-state index contributed by atoms with van der Waals surface area (Å²) in [5.41, 5.74) is 6.74. The van der Waals surface area contributed by atoms with Crippen molar-refractivity contribution < 1.29 is 4.79 Å². The van der Waals surface area contributed by atoms with Gasteiger partial charge in [-0.1, -0.05) is 33.9 Å². The van der Waals surface area contributed by atoms with Crippen LogP contribution in [0.1, 0.15) is 40.0 Å². The number of primary amides is 1. The smallest absolute Gasteiger partial charge is 0.217 e. The van der Waals surface area contributed by atoms with Crippen LogP contribution in [-0.4, -0.2) is 12.1 Å². The van der Waals surface area contributed by atoms with Gasteiger partial charge in [-0.25, -0.2) is 0 Å². The van der Waals surface area contributed by atoms with Crippen molar-refractivity contribution in [2.75, 3.05) is 0 Å². The van der Waals surface area contributed by atoms with Gasteiger partial charge in [0.05, 0.1) is 0 Å². The summed E-state index contributed by atoms with van der Waals surface area (Å²) in [7, 11) is 0. The molecule has 0 aliphatic heterocycles. The molecule has 0 unspecified atom stereocenters. The minimum absolute atomic E-state index is 0.0238. The molecule has 0 aliphatic carbocycles. The van der Waals surface area contributed by atoms with Gasteiger partial charge < -0.3 is 5.73 Å². The monoisotopic (exact) mass is 222 g/mol. The lowest BCUT2D eigenvalue weighted by Crippen LogP contribution is -2.09. The predicted molar refractivity (Wildman–Crippen MR) is 69.3 cm³/mol. The summed E-state index contributed by atoms with van der Waals surface area (Å²) in [6.45, 7) is 13.9. The Kier molecular flexibility index (Phi) is 5.72. The van der Waals surface area contributed by atoms with E-state index in [4.69, 9.17) is 5.73 Å². The molecule has 0 heterocycles. The summed E-state index contributed by atoms with van der Waals surface area (Å²) >= 11 is 0. The zero-order chi connectivity index (χ0) is 12.8. The normalized spacial score (nSPS) is 11.7. The van der Waals surface area contributed by atoms with E-state index < -0.39 is 0 Å². The van der Waals surface area contributed by atoms with Gasteiger partial charge in [-0.15, -0.1) is 0 Å². The number of nitrogens with zero attached hydrogens (tertiary/aromatic N) is 1. The summed E-state index contributed by atoms with van der Waals surface area (Å²) in [5.74, 6) is -0.274. The minimum atomic E-state index is -0.274. The first-order valence-electron chi connectivity index (χ1n) is 5.43. The van der Waals surface area contributed by atoms with Gasteiger partial charge in [0.25, 0.3) is 0 Å². The van der Waals surface area contributed by atoms with Crippen molar-refractivity contribution in [1.82, 2.24) is 0 Å². The van der Waals surface area contributed by atoms with Crippen LogP contribution in [0.25, 0.3) is 0 Å². The Labute approximate surface area is 98.1 Å². The molecular formula is C13H22N2O. The van der Waals surface area contributed by atoms with Crippen LogP contribution in [0.4, 0.5) is 0 Å². The first-order valence-corrected chi connectivity index (χ1v) is 5.43. The number of aliphatic imine (C=N–C) groups is 1. The molecule has 0 saturated heterocycles. The quantitative estimate of drug-likeness (QED) is 0.690. The molecular weight excluding hydrogens is 200 g/mol. The molecule has 1 amide bonds. The number of hydrogen-bond acceptors (Lipinski definition) is 2. The molecule has 2 N–H and O–H groups in total. The summed E-state index contributed by atoms with van der Waals surface area (Å²) in [5, 5.41) is 0. The van der Waals surface area contributed by atoms with Gasteiger partial charge >= 0.3 is 0 Å². The van der Waals surface area contributed by atoms with Crippen LogP contribution < -0.4 is 5.73 Å². The fraction of sp³-hybridized carbons (Fsp3) is 0.538. The van der Waals surface area contributed by atoms with Crippen LogP contribution in [0.2, 0.25) is 0 Å². The van der Waals surface area contributed by atoms with Crippen molar-refractivity contribution in [3.63, 3.8) is 0 Å². The molecule has 0 atom stereocenters. The standard InChI is InChI=1S/C13H22N2O/c1-10(7-6-8-12(14)16)9-15-11(2)13(3,4)5/h9H,1-2,6-8H2,3-5H3,(H2,14,16). The van der Waals surface area contributed by atoms with E-state index in [1.54, 1.807) is 6.21 Å². The van der Waals surface area contributed by atoms with Crippen LogP contribution in [-0.2, 0) is 4.79 Å². The van der Waals surface area contributed by atoms with E-state index in [2.05, 4.69) is 38.9 Å². The van der Waals surface area contributed by atoms with Crippen molar-refractivity contribution in [1.29, 1.82) is 0 Å². The Morgan fingerprint density at radius 1 is 1.31 bits per heavy atom. The van der Waals surface area contributed by atoms with Crippen LogP contribution in [0, 0.1) is 5.41 Å². The maximum absolute atomic E-state index is 10.5. The first kappa shape index (κ1) is 14.6. The van der Waals surface area contributed by atoms with Crippen molar-refractivity contribution in [3.8, 4) is 0 Å². The largest absolute Gasteiger partial charge is 0.370 e. The number of hydrogen-bond donors (Lipinski definition) is 1. The fourth-order valence-corrected chi connectivity index (χ4v) is 0.917. The second-order valence-electron chi connectivity index (χ2n) is 4.93. The van der Waals surface area contributed by atoms with Crippen molar-refractivity contribution >= 4 is 12.1 Å². The third-order valence-electron chi connectivity index (χ3n) is 2.19. The third kappa shape index (κ3) is 6.98. The molecule has 0 aliphatic rings. The average Bonchev–Trinajstić information content (AvgIpc) is 2.11. The van der Waals surface area contributed by atoms with E-state index >= 15 is 0 Å². The van der Waals surface area contributed by atoms with Crippen LogP contribution in [0.5, 0.6) is 0 Å². The fourth-order valence-electron chi connectivity index (χ4n) is 0.917. The van der Waals surface area contributed by atoms with Crippen LogP contribution in [0.15, 0.2) is 29.4 Å². The molecule has 0 aromatic carbocycles. The van der Waals surface area contributed by atoms with Crippen molar-refractivity contribution in [2.24, 2.45) is 16.1 Å². The molecule has 90 valence electrons. The molecule has 0 rings (SSSR count). The van der Waals surface area contributed by atoms with E-state index in [9.17, 15) is 4.79 Å². The molecule has 0 aromatic rings. The highest BCUT2D eigenvalue weighted by Gasteiger charge is 2.13. The molecule has 0 bridgehead atoms. The molecule has 3 heteroatoms. The SMILES string of the molecule is C=C(C=NC(=C)C(C)(C)C)CCCC(N)=O. The summed E-state index contributed by atoms with van der Waals surface area (Å²) < 4.78 is 0. The number of nitrogens with two attached hydrogens (primary N) is 1. The molecule has 0 radical (unpaired) electrons. The van der Waals surface area contributed by atoms with Crippen molar-refractivity contribution in [3.05, 3.63) is 24.4 Å². The first-order chi connectivity index (χ1) is 7.23. The van der Waals surface area contributed by atoms with E-state index in [0.717, 1.165) is 24.1 Å². The van der Waals surface area contributed by atoms with Crippen LogP contribution in [0.3, 0.4) is 0 Å². The number of allylic oxidation sites excluding steroid dienone is 2. The van der Waals surface area contributed by atoms with Gasteiger partial charge in [0.2, 0.25) is 5.91 Å². The molecule has 0 aromatic heterocycles. The number of amides is 1. The predicted octanol–water partition coefficient (Wildman–Crippen LogP) is 2.83. The molecule has 0 saturated carbocycles. The summed E-state index contributed by atoms with van der Waals surface area (Å²) in [6, 6.07) is 0. The van der Waals surface area contributed by atoms with Gasteiger partial charge in [-0.3, -0.25) is 9.79 Å². The Morgan fingerprint density at radius 2 is 1.88 bits per heavy atom. The van der Waals surface area contributed by atoms with Crippen molar-refractivity contribution in [2.45, 2.75) is 40.0 Å². The van der Waals surface area contributed by atoms with Gasteiger partial charge in [-0.05, 0) is 18.4 Å². The van der Waals surface area contributed by atoms with E-state index in [-0.39, 0.29) is 11.3 Å². The Bertz CT molecular complexity index is 308. The zero-order valence-electron chi connectivity index (χ0n) is 10.5. The molecule has 16 heavy (non-hydrogen) atoms.